The van der Waals surface area contributed by atoms with Crippen LogP contribution in [-0.4, -0.2) is 18.0 Å². The molecule has 1 aliphatic heterocycles. The Morgan fingerprint density at radius 2 is 1.62 bits per heavy atom. The summed E-state index contributed by atoms with van der Waals surface area (Å²) >= 11 is 0. The SMILES string of the molecule is c1cc(C2CC2)ccc1CN1CCCCC1. The molecule has 0 N–H and O–H groups in total. The maximum absolute atomic E-state index is 2.59. The van der Waals surface area contributed by atoms with Gasteiger partial charge in [-0.25, -0.2) is 0 Å². The first-order valence-electron chi connectivity index (χ1n) is 6.73. The van der Waals surface area contributed by atoms with Crippen molar-refractivity contribution in [2.75, 3.05) is 13.1 Å². The van der Waals surface area contributed by atoms with E-state index >= 15 is 0 Å². The molecule has 2 aliphatic rings. The van der Waals surface area contributed by atoms with Crippen molar-refractivity contribution in [1.29, 1.82) is 0 Å². The van der Waals surface area contributed by atoms with Crippen LogP contribution >= 0.6 is 0 Å². The van der Waals surface area contributed by atoms with Crippen molar-refractivity contribution in [1.82, 2.24) is 4.90 Å². The van der Waals surface area contributed by atoms with E-state index in [2.05, 4.69) is 29.2 Å². The van der Waals surface area contributed by atoms with E-state index in [9.17, 15) is 0 Å². The largest absolute Gasteiger partial charge is 0.299 e. The average molecular weight is 215 g/mol. The van der Waals surface area contributed by atoms with Crippen LogP contribution in [-0.2, 0) is 6.54 Å². The summed E-state index contributed by atoms with van der Waals surface area (Å²) in [6.07, 6.45) is 7.02. The molecule has 2 fully saturated rings. The Labute approximate surface area is 98.5 Å². The van der Waals surface area contributed by atoms with E-state index in [0.29, 0.717) is 0 Å². The van der Waals surface area contributed by atoms with Crippen molar-refractivity contribution in [3.05, 3.63) is 35.4 Å². The molecule has 3 rings (SSSR count). The lowest BCUT2D eigenvalue weighted by Crippen LogP contribution is -2.29. The monoisotopic (exact) mass is 215 g/mol. The molecule has 86 valence electrons. The molecule has 1 nitrogen and oxygen atoms in total. The van der Waals surface area contributed by atoms with Crippen LogP contribution in [0.25, 0.3) is 0 Å². The highest BCUT2D eigenvalue weighted by Gasteiger charge is 2.23. The summed E-state index contributed by atoms with van der Waals surface area (Å²) in [6.45, 7) is 3.75. The second kappa shape index (κ2) is 4.58. The van der Waals surface area contributed by atoms with Crippen molar-refractivity contribution in [2.45, 2.75) is 44.6 Å². The molecule has 0 atom stereocenters. The molecule has 1 aliphatic carbocycles. The molecule has 1 saturated heterocycles. The predicted molar refractivity (Wildman–Crippen MR) is 67.5 cm³/mol. The van der Waals surface area contributed by atoms with Gasteiger partial charge < -0.3 is 0 Å². The number of rotatable bonds is 3. The first-order valence-corrected chi connectivity index (χ1v) is 6.73. The van der Waals surface area contributed by atoms with Gasteiger partial charge in [0.25, 0.3) is 0 Å². The van der Waals surface area contributed by atoms with Gasteiger partial charge in [-0.05, 0) is 55.8 Å². The molecule has 0 spiro atoms. The fraction of sp³-hybridized carbons (Fsp3) is 0.600. The molecule has 0 aromatic heterocycles. The van der Waals surface area contributed by atoms with Crippen LogP contribution < -0.4 is 0 Å². The van der Waals surface area contributed by atoms with Crippen LogP contribution in [0.4, 0.5) is 0 Å². The van der Waals surface area contributed by atoms with Gasteiger partial charge in [0, 0.05) is 6.54 Å². The Kier molecular flexibility index (Phi) is 2.96. The average Bonchev–Trinajstić information content (AvgIpc) is 3.15. The molecule has 0 bridgehead atoms. The maximum Gasteiger partial charge on any atom is 0.0233 e. The first-order chi connectivity index (χ1) is 7.92. The van der Waals surface area contributed by atoms with Gasteiger partial charge >= 0.3 is 0 Å². The highest BCUT2D eigenvalue weighted by Crippen LogP contribution is 2.39. The molecule has 1 heterocycles. The summed E-state index contributed by atoms with van der Waals surface area (Å²) in [5.74, 6) is 0.893. The maximum atomic E-state index is 2.59. The number of benzene rings is 1. The Morgan fingerprint density at radius 3 is 2.25 bits per heavy atom. The third-order valence-corrected chi connectivity index (χ3v) is 3.88. The van der Waals surface area contributed by atoms with Crippen molar-refractivity contribution in [3.63, 3.8) is 0 Å². The van der Waals surface area contributed by atoms with Gasteiger partial charge in [-0.1, -0.05) is 30.7 Å². The van der Waals surface area contributed by atoms with Crippen LogP contribution in [0.1, 0.15) is 49.1 Å². The fourth-order valence-corrected chi connectivity index (χ4v) is 2.69. The topological polar surface area (TPSA) is 3.24 Å². The Morgan fingerprint density at radius 1 is 0.938 bits per heavy atom. The third-order valence-electron chi connectivity index (χ3n) is 3.88. The summed E-state index contributed by atoms with van der Waals surface area (Å²) in [7, 11) is 0. The normalized spacial score (nSPS) is 22.2. The van der Waals surface area contributed by atoms with E-state index in [4.69, 9.17) is 0 Å². The quantitative estimate of drug-likeness (QED) is 0.745. The summed E-state index contributed by atoms with van der Waals surface area (Å²) in [5, 5.41) is 0. The van der Waals surface area contributed by atoms with Crippen molar-refractivity contribution < 1.29 is 0 Å². The van der Waals surface area contributed by atoms with Gasteiger partial charge in [0.15, 0.2) is 0 Å². The lowest BCUT2D eigenvalue weighted by atomic mass is 10.1. The Bertz CT molecular complexity index is 331. The zero-order chi connectivity index (χ0) is 10.8. The van der Waals surface area contributed by atoms with E-state index in [-0.39, 0.29) is 0 Å². The Hall–Kier alpha value is -0.820. The first kappa shape index (κ1) is 10.3. The molecule has 1 aromatic rings. The van der Waals surface area contributed by atoms with Crippen molar-refractivity contribution in [2.24, 2.45) is 0 Å². The standard InChI is InChI=1S/C15H21N/c1-2-10-16(11-3-1)12-13-4-6-14(7-5-13)15-8-9-15/h4-7,15H,1-3,8-12H2. The number of nitrogens with zero attached hydrogens (tertiary/aromatic N) is 1. The lowest BCUT2D eigenvalue weighted by Gasteiger charge is -2.26. The van der Waals surface area contributed by atoms with Gasteiger partial charge in [0.1, 0.15) is 0 Å². The van der Waals surface area contributed by atoms with Gasteiger partial charge in [0.2, 0.25) is 0 Å². The van der Waals surface area contributed by atoms with Crippen LogP contribution in [0.2, 0.25) is 0 Å². The van der Waals surface area contributed by atoms with Gasteiger partial charge in [-0.3, -0.25) is 4.90 Å². The zero-order valence-electron chi connectivity index (χ0n) is 9.99. The summed E-state index contributed by atoms with van der Waals surface area (Å²) in [6, 6.07) is 9.36. The minimum atomic E-state index is 0.893. The molecule has 1 heteroatoms. The molecular formula is C15H21N. The zero-order valence-corrected chi connectivity index (χ0v) is 9.99. The minimum Gasteiger partial charge on any atom is -0.299 e. The van der Waals surface area contributed by atoms with Crippen molar-refractivity contribution in [3.8, 4) is 0 Å². The lowest BCUT2D eigenvalue weighted by molar-refractivity contribution is 0.221. The summed E-state index contributed by atoms with van der Waals surface area (Å²) in [4.78, 5) is 2.59. The highest BCUT2D eigenvalue weighted by molar-refractivity contribution is 5.28. The third kappa shape index (κ3) is 2.46. The fourth-order valence-electron chi connectivity index (χ4n) is 2.69. The predicted octanol–water partition coefficient (Wildman–Crippen LogP) is 3.55. The molecule has 16 heavy (non-hydrogen) atoms. The Balaban J connectivity index is 1.60. The molecule has 0 unspecified atom stereocenters. The van der Waals surface area contributed by atoms with E-state index in [1.165, 1.54) is 50.8 Å². The van der Waals surface area contributed by atoms with E-state index in [1.807, 2.05) is 0 Å². The number of hydrogen-bond donors (Lipinski definition) is 0. The second-order valence-corrected chi connectivity index (χ2v) is 5.35. The highest BCUT2D eigenvalue weighted by atomic mass is 15.1. The summed E-state index contributed by atoms with van der Waals surface area (Å²) < 4.78 is 0. The second-order valence-electron chi connectivity index (χ2n) is 5.35. The minimum absolute atomic E-state index is 0.893. The van der Waals surface area contributed by atoms with Crippen LogP contribution in [0, 0.1) is 0 Å². The molecular weight excluding hydrogens is 194 g/mol. The van der Waals surface area contributed by atoms with Gasteiger partial charge in [-0.2, -0.15) is 0 Å². The molecule has 0 radical (unpaired) electrons. The van der Waals surface area contributed by atoms with Crippen molar-refractivity contribution >= 4 is 0 Å². The van der Waals surface area contributed by atoms with Crippen LogP contribution in [0.5, 0.6) is 0 Å². The smallest absolute Gasteiger partial charge is 0.0233 e. The molecule has 1 saturated carbocycles. The van der Waals surface area contributed by atoms with Crippen LogP contribution in [0.3, 0.4) is 0 Å². The van der Waals surface area contributed by atoms with E-state index < -0.39 is 0 Å². The number of piperidine rings is 1. The van der Waals surface area contributed by atoms with Gasteiger partial charge in [0.05, 0.1) is 0 Å². The molecule has 1 aromatic carbocycles. The molecule has 0 amide bonds. The van der Waals surface area contributed by atoms with E-state index in [0.717, 1.165) is 12.5 Å². The summed E-state index contributed by atoms with van der Waals surface area (Å²) in [5.41, 5.74) is 3.05. The van der Waals surface area contributed by atoms with E-state index in [1.54, 1.807) is 5.56 Å². The number of hydrogen-bond acceptors (Lipinski definition) is 1. The van der Waals surface area contributed by atoms with Crippen LogP contribution in [0.15, 0.2) is 24.3 Å². The van der Waals surface area contributed by atoms with Gasteiger partial charge in [-0.15, -0.1) is 0 Å². The number of likely N-dealkylation sites (tertiary alicyclic amines) is 1.